The SMILES string of the molecule is COC(=O)c1ccc(Nc2cc(-c3ccccc3)nc(NC3CC3)n2)cc1OC. The van der Waals surface area contributed by atoms with Crippen molar-refractivity contribution in [1.29, 1.82) is 0 Å². The second-order valence-corrected chi connectivity index (χ2v) is 6.78. The van der Waals surface area contributed by atoms with Gasteiger partial charge in [0, 0.05) is 29.4 Å². The van der Waals surface area contributed by atoms with Crippen LogP contribution < -0.4 is 15.4 Å². The molecule has 0 amide bonds. The molecule has 0 bridgehead atoms. The van der Waals surface area contributed by atoms with E-state index in [0.29, 0.717) is 29.1 Å². The molecule has 1 aliphatic rings. The molecule has 1 heterocycles. The Morgan fingerprint density at radius 1 is 1.03 bits per heavy atom. The molecule has 1 fully saturated rings. The molecule has 3 aromatic rings. The number of carbonyl (C=O) groups excluding carboxylic acids is 1. The number of nitrogens with one attached hydrogen (secondary N) is 2. The first kappa shape index (κ1) is 18.7. The average Bonchev–Trinajstić information content (AvgIpc) is 3.57. The van der Waals surface area contributed by atoms with Crippen LogP contribution in [0.15, 0.2) is 54.6 Å². The molecule has 2 aromatic carbocycles. The first-order valence-corrected chi connectivity index (χ1v) is 9.40. The molecular weight excluding hydrogens is 368 g/mol. The zero-order valence-corrected chi connectivity index (χ0v) is 16.3. The Morgan fingerprint density at radius 3 is 2.52 bits per heavy atom. The number of rotatable bonds is 7. The summed E-state index contributed by atoms with van der Waals surface area (Å²) in [6.45, 7) is 0. The molecule has 0 spiro atoms. The summed E-state index contributed by atoms with van der Waals surface area (Å²) in [7, 11) is 2.86. The van der Waals surface area contributed by atoms with E-state index in [1.807, 2.05) is 36.4 Å². The summed E-state index contributed by atoms with van der Waals surface area (Å²) in [6, 6.07) is 17.5. The lowest BCUT2D eigenvalue weighted by Crippen LogP contribution is -2.08. The largest absolute Gasteiger partial charge is 0.496 e. The van der Waals surface area contributed by atoms with Gasteiger partial charge in [-0.3, -0.25) is 0 Å². The number of esters is 1. The van der Waals surface area contributed by atoms with Crippen molar-refractivity contribution in [2.45, 2.75) is 18.9 Å². The van der Waals surface area contributed by atoms with Crippen molar-refractivity contribution in [2.75, 3.05) is 24.9 Å². The molecule has 0 radical (unpaired) electrons. The van der Waals surface area contributed by atoms with Gasteiger partial charge in [-0.05, 0) is 25.0 Å². The molecule has 7 nitrogen and oxygen atoms in total. The van der Waals surface area contributed by atoms with Crippen LogP contribution in [0.3, 0.4) is 0 Å². The molecular formula is C22H22N4O3. The van der Waals surface area contributed by atoms with E-state index in [2.05, 4.69) is 20.6 Å². The Hall–Kier alpha value is -3.61. The lowest BCUT2D eigenvalue weighted by molar-refractivity contribution is 0.0597. The molecule has 148 valence electrons. The van der Waals surface area contributed by atoms with Crippen molar-refractivity contribution in [3.63, 3.8) is 0 Å². The minimum absolute atomic E-state index is 0.365. The van der Waals surface area contributed by atoms with Crippen molar-refractivity contribution < 1.29 is 14.3 Å². The number of benzene rings is 2. The maximum atomic E-state index is 11.9. The van der Waals surface area contributed by atoms with Gasteiger partial charge in [0.1, 0.15) is 17.1 Å². The molecule has 1 aliphatic carbocycles. The molecule has 1 aromatic heterocycles. The summed E-state index contributed by atoms with van der Waals surface area (Å²) in [4.78, 5) is 21.1. The number of hydrogen-bond donors (Lipinski definition) is 2. The van der Waals surface area contributed by atoms with Crippen molar-refractivity contribution in [3.8, 4) is 17.0 Å². The van der Waals surface area contributed by atoms with Gasteiger partial charge in [-0.25, -0.2) is 9.78 Å². The summed E-state index contributed by atoms with van der Waals surface area (Å²) in [5, 5.41) is 6.64. The Kier molecular flexibility index (Phi) is 5.29. The van der Waals surface area contributed by atoms with E-state index in [-0.39, 0.29) is 0 Å². The average molecular weight is 390 g/mol. The standard InChI is InChI=1S/C22H22N4O3/c1-28-19-12-16(10-11-17(19)21(27)29-2)23-20-13-18(14-6-4-3-5-7-14)25-22(26-20)24-15-8-9-15/h3-7,10-13,15H,8-9H2,1-2H3,(H2,23,24,25,26). The molecule has 7 heteroatoms. The number of hydrogen-bond acceptors (Lipinski definition) is 7. The highest BCUT2D eigenvalue weighted by molar-refractivity contribution is 5.93. The molecule has 2 N–H and O–H groups in total. The highest BCUT2D eigenvalue weighted by Gasteiger charge is 2.22. The van der Waals surface area contributed by atoms with Gasteiger partial charge in [0.25, 0.3) is 0 Å². The van der Waals surface area contributed by atoms with E-state index >= 15 is 0 Å². The number of carbonyl (C=O) groups is 1. The summed E-state index contributed by atoms with van der Waals surface area (Å²) >= 11 is 0. The van der Waals surface area contributed by atoms with Gasteiger partial charge in [0.15, 0.2) is 0 Å². The number of ether oxygens (including phenoxy) is 2. The van der Waals surface area contributed by atoms with Crippen molar-refractivity contribution >= 4 is 23.4 Å². The van der Waals surface area contributed by atoms with E-state index in [1.54, 1.807) is 18.2 Å². The number of methoxy groups -OCH3 is 2. The van der Waals surface area contributed by atoms with Crippen LogP contribution in [-0.2, 0) is 4.74 Å². The van der Waals surface area contributed by atoms with Gasteiger partial charge in [-0.1, -0.05) is 30.3 Å². The molecule has 0 saturated heterocycles. The zero-order chi connectivity index (χ0) is 20.2. The highest BCUT2D eigenvalue weighted by Crippen LogP contribution is 2.29. The number of anilines is 3. The molecule has 4 rings (SSSR count). The second-order valence-electron chi connectivity index (χ2n) is 6.78. The first-order valence-electron chi connectivity index (χ1n) is 9.40. The first-order chi connectivity index (χ1) is 14.2. The van der Waals surface area contributed by atoms with Gasteiger partial charge >= 0.3 is 5.97 Å². The van der Waals surface area contributed by atoms with Crippen molar-refractivity contribution in [1.82, 2.24) is 9.97 Å². The van der Waals surface area contributed by atoms with Crippen molar-refractivity contribution in [3.05, 3.63) is 60.2 Å². The van der Waals surface area contributed by atoms with E-state index < -0.39 is 5.97 Å². The quantitative estimate of drug-likeness (QED) is 0.583. The zero-order valence-electron chi connectivity index (χ0n) is 16.3. The number of aromatic nitrogens is 2. The van der Waals surface area contributed by atoms with Crippen LogP contribution in [0, 0.1) is 0 Å². The predicted molar refractivity (Wildman–Crippen MR) is 112 cm³/mol. The van der Waals surface area contributed by atoms with E-state index in [9.17, 15) is 4.79 Å². The fourth-order valence-corrected chi connectivity index (χ4v) is 2.94. The fraction of sp³-hybridized carbons (Fsp3) is 0.227. The van der Waals surface area contributed by atoms with Crippen LogP contribution in [0.2, 0.25) is 0 Å². The smallest absolute Gasteiger partial charge is 0.341 e. The Labute approximate surface area is 169 Å². The third-order valence-corrected chi connectivity index (χ3v) is 4.59. The Bertz CT molecular complexity index is 1020. The maximum absolute atomic E-state index is 11.9. The summed E-state index contributed by atoms with van der Waals surface area (Å²) in [5.41, 5.74) is 2.94. The van der Waals surface area contributed by atoms with Gasteiger partial charge in [0.05, 0.1) is 19.9 Å². The normalized spacial score (nSPS) is 12.9. The molecule has 29 heavy (non-hydrogen) atoms. The van der Waals surface area contributed by atoms with Gasteiger partial charge in [0.2, 0.25) is 5.95 Å². The fourth-order valence-electron chi connectivity index (χ4n) is 2.94. The predicted octanol–water partition coefficient (Wildman–Crippen LogP) is 4.26. The molecule has 0 unspecified atom stereocenters. The summed E-state index contributed by atoms with van der Waals surface area (Å²) < 4.78 is 10.1. The summed E-state index contributed by atoms with van der Waals surface area (Å²) in [6.07, 6.45) is 2.27. The number of nitrogens with zero attached hydrogens (tertiary/aromatic N) is 2. The highest BCUT2D eigenvalue weighted by atomic mass is 16.5. The van der Waals surface area contributed by atoms with Crippen LogP contribution >= 0.6 is 0 Å². The molecule has 0 aliphatic heterocycles. The maximum Gasteiger partial charge on any atom is 0.341 e. The van der Waals surface area contributed by atoms with Gasteiger partial charge < -0.3 is 20.1 Å². The minimum atomic E-state index is -0.447. The Balaban J connectivity index is 1.66. The van der Waals surface area contributed by atoms with E-state index in [0.717, 1.165) is 29.8 Å². The summed E-state index contributed by atoms with van der Waals surface area (Å²) in [5.74, 6) is 1.22. The van der Waals surface area contributed by atoms with Crippen LogP contribution in [0.4, 0.5) is 17.5 Å². The van der Waals surface area contributed by atoms with Gasteiger partial charge in [-0.2, -0.15) is 4.98 Å². The van der Waals surface area contributed by atoms with Gasteiger partial charge in [-0.15, -0.1) is 0 Å². The molecule has 1 saturated carbocycles. The third-order valence-electron chi connectivity index (χ3n) is 4.59. The topological polar surface area (TPSA) is 85.4 Å². The van der Waals surface area contributed by atoms with Crippen LogP contribution in [-0.4, -0.2) is 36.2 Å². The monoisotopic (exact) mass is 390 g/mol. The van der Waals surface area contributed by atoms with Crippen LogP contribution in [0.1, 0.15) is 23.2 Å². The lowest BCUT2D eigenvalue weighted by atomic mass is 10.1. The third kappa shape index (κ3) is 4.45. The minimum Gasteiger partial charge on any atom is -0.496 e. The second kappa shape index (κ2) is 8.18. The van der Waals surface area contributed by atoms with Crippen LogP contribution in [0.5, 0.6) is 5.75 Å². The van der Waals surface area contributed by atoms with Crippen LogP contribution in [0.25, 0.3) is 11.3 Å². The molecule has 0 atom stereocenters. The van der Waals surface area contributed by atoms with E-state index in [4.69, 9.17) is 9.47 Å². The lowest BCUT2D eigenvalue weighted by Gasteiger charge is -2.13. The Morgan fingerprint density at radius 2 is 1.83 bits per heavy atom. The van der Waals surface area contributed by atoms with E-state index in [1.165, 1.54) is 14.2 Å². The van der Waals surface area contributed by atoms with Crippen molar-refractivity contribution in [2.24, 2.45) is 0 Å².